The number of nitrogens with zero attached hydrogens (tertiary/aromatic N) is 1. The quantitative estimate of drug-likeness (QED) is 0.884. The van der Waals surface area contributed by atoms with Crippen molar-refractivity contribution in [3.63, 3.8) is 0 Å². The van der Waals surface area contributed by atoms with E-state index in [9.17, 15) is 4.79 Å². The largest absolute Gasteiger partial charge is 0.307 e. The summed E-state index contributed by atoms with van der Waals surface area (Å²) in [4.78, 5) is 16.0. The normalized spacial score (nSPS) is 10.0. The van der Waals surface area contributed by atoms with Gasteiger partial charge in [0.25, 0.3) is 5.91 Å². The van der Waals surface area contributed by atoms with Gasteiger partial charge in [0.15, 0.2) is 0 Å². The molecule has 4 heteroatoms. The summed E-state index contributed by atoms with van der Waals surface area (Å²) in [6.07, 6.45) is 1.65. The number of aryl methyl sites for hydroxylation is 1. The number of benzene rings is 1. The molecule has 1 aromatic carbocycles. The van der Waals surface area contributed by atoms with Gasteiger partial charge in [0.2, 0.25) is 0 Å². The third-order valence-electron chi connectivity index (χ3n) is 2.28. The summed E-state index contributed by atoms with van der Waals surface area (Å²) < 4.78 is 0. The Balaban J connectivity index is 2.20. The highest BCUT2D eigenvalue weighted by Gasteiger charge is 2.09. The number of carbonyl (C=O) groups excluding carboxylic acids is 1. The van der Waals surface area contributed by atoms with Gasteiger partial charge in [0.1, 0.15) is 5.82 Å². The molecule has 2 aromatic rings. The number of rotatable bonds is 2. The molecule has 86 valence electrons. The van der Waals surface area contributed by atoms with Gasteiger partial charge in [-0.2, -0.15) is 0 Å². The van der Waals surface area contributed by atoms with Crippen molar-refractivity contribution >= 4 is 23.3 Å². The van der Waals surface area contributed by atoms with Gasteiger partial charge in [-0.15, -0.1) is 0 Å². The van der Waals surface area contributed by atoms with Crippen LogP contribution in [0.3, 0.4) is 0 Å². The Morgan fingerprint density at radius 3 is 2.76 bits per heavy atom. The van der Waals surface area contributed by atoms with Crippen LogP contribution >= 0.6 is 11.6 Å². The number of halogens is 1. The fourth-order valence-corrected chi connectivity index (χ4v) is 1.66. The zero-order valence-corrected chi connectivity index (χ0v) is 10.0. The van der Waals surface area contributed by atoms with E-state index < -0.39 is 0 Å². The molecule has 0 atom stereocenters. The predicted molar refractivity (Wildman–Crippen MR) is 68.4 cm³/mol. The van der Waals surface area contributed by atoms with Crippen LogP contribution in [0.4, 0.5) is 5.82 Å². The van der Waals surface area contributed by atoms with Crippen LogP contribution in [0.1, 0.15) is 15.9 Å². The monoisotopic (exact) mass is 246 g/mol. The van der Waals surface area contributed by atoms with Crippen LogP contribution in [0.5, 0.6) is 0 Å². The lowest BCUT2D eigenvalue weighted by Crippen LogP contribution is -2.13. The van der Waals surface area contributed by atoms with Crippen molar-refractivity contribution in [2.45, 2.75) is 6.92 Å². The van der Waals surface area contributed by atoms with E-state index in [0.717, 1.165) is 5.56 Å². The minimum Gasteiger partial charge on any atom is -0.307 e. The van der Waals surface area contributed by atoms with E-state index in [1.54, 1.807) is 36.5 Å². The number of anilines is 1. The molecule has 17 heavy (non-hydrogen) atoms. The maximum absolute atomic E-state index is 11.9. The average molecular weight is 247 g/mol. The van der Waals surface area contributed by atoms with Crippen LogP contribution in [-0.2, 0) is 0 Å². The molecule has 1 N–H and O–H groups in total. The molecule has 1 amide bonds. The van der Waals surface area contributed by atoms with E-state index in [-0.39, 0.29) is 5.91 Å². The number of nitrogens with one attached hydrogen (secondary N) is 1. The third-order valence-corrected chi connectivity index (χ3v) is 2.61. The first-order valence-electron chi connectivity index (χ1n) is 5.15. The van der Waals surface area contributed by atoms with Gasteiger partial charge in [-0.3, -0.25) is 4.79 Å². The minimum absolute atomic E-state index is 0.256. The first kappa shape index (κ1) is 11.6. The van der Waals surface area contributed by atoms with Crippen molar-refractivity contribution in [1.29, 1.82) is 0 Å². The Bertz CT molecular complexity index is 555. The Morgan fingerprint density at radius 1 is 1.29 bits per heavy atom. The van der Waals surface area contributed by atoms with Crippen LogP contribution < -0.4 is 5.32 Å². The van der Waals surface area contributed by atoms with Gasteiger partial charge in [0, 0.05) is 6.20 Å². The third kappa shape index (κ3) is 2.82. The van der Waals surface area contributed by atoms with E-state index in [4.69, 9.17) is 11.6 Å². The molecule has 0 aliphatic rings. The second kappa shape index (κ2) is 4.97. The molecular weight excluding hydrogens is 236 g/mol. The number of hydrogen-bond donors (Lipinski definition) is 1. The maximum atomic E-state index is 11.9. The fourth-order valence-electron chi connectivity index (χ4n) is 1.43. The Kier molecular flexibility index (Phi) is 3.40. The zero-order valence-electron chi connectivity index (χ0n) is 9.27. The van der Waals surface area contributed by atoms with E-state index in [1.807, 2.05) is 13.0 Å². The molecule has 0 spiro atoms. The molecule has 0 aliphatic carbocycles. The summed E-state index contributed by atoms with van der Waals surface area (Å²) in [5.41, 5.74) is 1.48. The zero-order chi connectivity index (χ0) is 12.3. The molecule has 1 heterocycles. The van der Waals surface area contributed by atoms with Crippen molar-refractivity contribution in [1.82, 2.24) is 4.98 Å². The molecular formula is C13H11ClN2O. The second-order valence-corrected chi connectivity index (χ2v) is 4.06. The molecule has 1 aromatic heterocycles. The molecule has 0 saturated carbocycles. The first-order chi connectivity index (χ1) is 8.16. The van der Waals surface area contributed by atoms with Crippen molar-refractivity contribution < 1.29 is 4.79 Å². The lowest BCUT2D eigenvalue weighted by atomic mass is 10.2. The lowest BCUT2D eigenvalue weighted by Gasteiger charge is -2.06. The highest BCUT2D eigenvalue weighted by atomic mass is 35.5. The van der Waals surface area contributed by atoms with Gasteiger partial charge in [-0.05, 0) is 36.8 Å². The molecule has 0 fully saturated rings. The number of pyridine rings is 1. The number of hydrogen-bond acceptors (Lipinski definition) is 2. The molecule has 0 saturated heterocycles. The second-order valence-electron chi connectivity index (χ2n) is 3.65. The molecule has 0 bridgehead atoms. The summed E-state index contributed by atoms with van der Waals surface area (Å²) in [6, 6.07) is 10.6. The van der Waals surface area contributed by atoms with Crippen molar-refractivity contribution in [3.8, 4) is 0 Å². The van der Waals surface area contributed by atoms with Crippen molar-refractivity contribution in [3.05, 3.63) is 58.7 Å². The van der Waals surface area contributed by atoms with Gasteiger partial charge >= 0.3 is 0 Å². The van der Waals surface area contributed by atoms with Gasteiger partial charge in [0.05, 0.1) is 10.6 Å². The minimum atomic E-state index is -0.256. The van der Waals surface area contributed by atoms with E-state index in [2.05, 4.69) is 10.3 Å². The Hall–Kier alpha value is -1.87. The highest BCUT2D eigenvalue weighted by molar-refractivity contribution is 6.34. The smallest absolute Gasteiger partial charge is 0.258 e. The van der Waals surface area contributed by atoms with E-state index in [0.29, 0.717) is 16.4 Å². The SMILES string of the molecule is Cc1ccnc(NC(=O)c2ccccc2Cl)c1. The number of aromatic nitrogens is 1. The van der Waals surface area contributed by atoms with E-state index in [1.165, 1.54) is 0 Å². The summed E-state index contributed by atoms with van der Waals surface area (Å²) in [7, 11) is 0. The molecule has 3 nitrogen and oxygen atoms in total. The number of carbonyl (C=O) groups is 1. The highest BCUT2D eigenvalue weighted by Crippen LogP contribution is 2.16. The molecule has 2 rings (SSSR count). The van der Waals surface area contributed by atoms with Gasteiger partial charge in [-0.1, -0.05) is 23.7 Å². The van der Waals surface area contributed by atoms with Crippen LogP contribution in [-0.4, -0.2) is 10.9 Å². The van der Waals surface area contributed by atoms with E-state index >= 15 is 0 Å². The van der Waals surface area contributed by atoms with Crippen LogP contribution in [0.25, 0.3) is 0 Å². The van der Waals surface area contributed by atoms with Gasteiger partial charge in [-0.25, -0.2) is 4.98 Å². The lowest BCUT2D eigenvalue weighted by molar-refractivity contribution is 0.102. The predicted octanol–water partition coefficient (Wildman–Crippen LogP) is 3.30. The first-order valence-corrected chi connectivity index (χ1v) is 5.53. The standard InChI is InChI=1S/C13H11ClN2O/c1-9-6-7-15-12(8-9)16-13(17)10-4-2-3-5-11(10)14/h2-8H,1H3,(H,15,16,17). The Labute approximate surface area is 104 Å². The topological polar surface area (TPSA) is 42.0 Å². The summed E-state index contributed by atoms with van der Waals surface area (Å²) >= 11 is 5.94. The van der Waals surface area contributed by atoms with Crippen LogP contribution in [0.15, 0.2) is 42.6 Å². The average Bonchev–Trinajstić information content (AvgIpc) is 2.29. The Morgan fingerprint density at radius 2 is 2.06 bits per heavy atom. The number of amides is 1. The van der Waals surface area contributed by atoms with Crippen molar-refractivity contribution in [2.24, 2.45) is 0 Å². The maximum Gasteiger partial charge on any atom is 0.258 e. The van der Waals surface area contributed by atoms with Crippen molar-refractivity contribution in [2.75, 3.05) is 5.32 Å². The summed E-state index contributed by atoms with van der Waals surface area (Å²) in [5, 5.41) is 3.13. The molecule has 0 radical (unpaired) electrons. The van der Waals surface area contributed by atoms with Crippen LogP contribution in [0.2, 0.25) is 5.02 Å². The molecule has 0 unspecified atom stereocenters. The summed E-state index contributed by atoms with van der Waals surface area (Å²) in [5.74, 6) is 0.267. The molecule has 0 aliphatic heterocycles. The van der Waals surface area contributed by atoms with Crippen LogP contribution in [0, 0.1) is 6.92 Å². The fraction of sp³-hybridized carbons (Fsp3) is 0.0769. The summed E-state index contributed by atoms with van der Waals surface area (Å²) in [6.45, 7) is 1.94. The van der Waals surface area contributed by atoms with Gasteiger partial charge < -0.3 is 5.32 Å².